The minimum atomic E-state index is -0.114. The lowest BCUT2D eigenvalue weighted by Gasteiger charge is -2.12. The molecule has 1 fully saturated rings. The van der Waals surface area contributed by atoms with E-state index < -0.39 is 0 Å². The fourth-order valence-corrected chi connectivity index (χ4v) is 2.53. The first-order valence-electron chi connectivity index (χ1n) is 7.03. The average molecular weight is 306 g/mol. The standard InChI is InChI=1S/C15H16ClN3O2/c16-9-13-18-12-4-2-1-3-11(12)15(21)19(13)8-7-17-14(20)10-5-6-10/h1-4,10H,5-9H2,(H,17,20). The first-order valence-corrected chi connectivity index (χ1v) is 7.56. The summed E-state index contributed by atoms with van der Waals surface area (Å²) in [6.45, 7) is 0.802. The summed E-state index contributed by atoms with van der Waals surface area (Å²) in [6.07, 6.45) is 1.94. The van der Waals surface area contributed by atoms with Gasteiger partial charge in [0, 0.05) is 19.0 Å². The quantitative estimate of drug-likeness (QED) is 0.855. The third-order valence-corrected chi connectivity index (χ3v) is 3.88. The molecule has 2 aromatic rings. The van der Waals surface area contributed by atoms with Gasteiger partial charge in [0.15, 0.2) is 0 Å². The van der Waals surface area contributed by atoms with Gasteiger partial charge in [0.2, 0.25) is 5.91 Å². The summed E-state index contributed by atoms with van der Waals surface area (Å²) in [5.41, 5.74) is 0.535. The SMILES string of the molecule is O=C(NCCn1c(CCl)nc2ccccc2c1=O)C1CC1. The number of nitrogens with zero attached hydrogens (tertiary/aromatic N) is 2. The molecule has 0 atom stereocenters. The Balaban J connectivity index is 1.84. The number of hydrogen-bond acceptors (Lipinski definition) is 3. The first-order chi connectivity index (χ1) is 10.2. The lowest BCUT2D eigenvalue weighted by molar-refractivity contribution is -0.122. The Labute approximate surface area is 126 Å². The molecule has 1 aliphatic carbocycles. The molecule has 21 heavy (non-hydrogen) atoms. The van der Waals surface area contributed by atoms with Crippen molar-refractivity contribution in [1.29, 1.82) is 0 Å². The zero-order chi connectivity index (χ0) is 14.8. The number of halogens is 1. The van der Waals surface area contributed by atoms with Gasteiger partial charge in [-0.05, 0) is 25.0 Å². The summed E-state index contributed by atoms with van der Waals surface area (Å²) in [7, 11) is 0. The van der Waals surface area contributed by atoms with Gasteiger partial charge in [-0.1, -0.05) is 12.1 Å². The Bertz CT molecular complexity index is 737. The van der Waals surface area contributed by atoms with Gasteiger partial charge < -0.3 is 5.32 Å². The highest BCUT2D eigenvalue weighted by Crippen LogP contribution is 2.28. The largest absolute Gasteiger partial charge is 0.354 e. The third-order valence-electron chi connectivity index (χ3n) is 3.64. The predicted octanol–water partition coefficient (Wildman–Crippen LogP) is 1.66. The fraction of sp³-hybridized carbons (Fsp3) is 0.400. The highest BCUT2D eigenvalue weighted by atomic mass is 35.5. The Morgan fingerprint density at radius 3 is 2.86 bits per heavy atom. The maximum atomic E-state index is 12.5. The molecule has 1 aromatic heterocycles. The second kappa shape index (κ2) is 5.85. The molecule has 1 N–H and O–H groups in total. The number of carbonyl (C=O) groups is 1. The Morgan fingerprint density at radius 2 is 2.14 bits per heavy atom. The van der Waals surface area contributed by atoms with Crippen LogP contribution in [0.3, 0.4) is 0 Å². The van der Waals surface area contributed by atoms with Crippen molar-refractivity contribution in [3.05, 3.63) is 40.4 Å². The van der Waals surface area contributed by atoms with E-state index in [1.54, 1.807) is 16.7 Å². The van der Waals surface area contributed by atoms with Crippen LogP contribution in [-0.2, 0) is 17.2 Å². The minimum absolute atomic E-state index is 0.0734. The van der Waals surface area contributed by atoms with E-state index in [0.29, 0.717) is 29.8 Å². The van der Waals surface area contributed by atoms with E-state index in [1.807, 2.05) is 12.1 Å². The smallest absolute Gasteiger partial charge is 0.261 e. The highest BCUT2D eigenvalue weighted by molar-refractivity contribution is 6.16. The molecule has 110 valence electrons. The minimum Gasteiger partial charge on any atom is -0.354 e. The molecular formula is C15H16ClN3O2. The van der Waals surface area contributed by atoms with Crippen LogP contribution in [0.5, 0.6) is 0 Å². The van der Waals surface area contributed by atoms with Crippen molar-refractivity contribution in [2.24, 2.45) is 5.92 Å². The number of hydrogen-bond donors (Lipinski definition) is 1. The van der Waals surface area contributed by atoms with E-state index in [0.717, 1.165) is 12.8 Å². The van der Waals surface area contributed by atoms with Crippen LogP contribution in [-0.4, -0.2) is 22.0 Å². The first kappa shape index (κ1) is 14.1. The molecule has 1 aromatic carbocycles. The number of amides is 1. The molecule has 6 heteroatoms. The molecule has 3 rings (SSSR count). The van der Waals surface area contributed by atoms with Crippen molar-refractivity contribution in [3.8, 4) is 0 Å². The van der Waals surface area contributed by atoms with Gasteiger partial charge >= 0.3 is 0 Å². The average Bonchev–Trinajstić information content (AvgIpc) is 3.34. The highest BCUT2D eigenvalue weighted by Gasteiger charge is 2.29. The van der Waals surface area contributed by atoms with Gasteiger partial charge in [0.05, 0.1) is 16.8 Å². The van der Waals surface area contributed by atoms with Crippen LogP contribution >= 0.6 is 11.6 Å². The zero-order valence-corrected chi connectivity index (χ0v) is 12.3. The molecule has 0 spiro atoms. The summed E-state index contributed by atoms with van der Waals surface area (Å²) >= 11 is 5.90. The Hall–Kier alpha value is -1.88. The fourth-order valence-electron chi connectivity index (χ4n) is 2.33. The molecule has 1 amide bonds. The van der Waals surface area contributed by atoms with Gasteiger partial charge in [-0.3, -0.25) is 14.2 Å². The summed E-state index contributed by atoms with van der Waals surface area (Å²) in [6, 6.07) is 7.20. The molecule has 0 saturated heterocycles. The van der Waals surface area contributed by atoms with Crippen molar-refractivity contribution in [2.45, 2.75) is 25.3 Å². The molecular weight excluding hydrogens is 290 g/mol. The van der Waals surface area contributed by atoms with E-state index in [9.17, 15) is 9.59 Å². The van der Waals surface area contributed by atoms with Crippen LogP contribution in [0.25, 0.3) is 10.9 Å². The van der Waals surface area contributed by atoms with E-state index in [1.165, 1.54) is 0 Å². The van der Waals surface area contributed by atoms with Gasteiger partial charge in [-0.15, -0.1) is 11.6 Å². The van der Waals surface area contributed by atoms with Gasteiger partial charge in [-0.2, -0.15) is 0 Å². The molecule has 0 bridgehead atoms. The zero-order valence-electron chi connectivity index (χ0n) is 11.5. The number of para-hydroxylation sites is 1. The number of aromatic nitrogens is 2. The molecule has 0 radical (unpaired) electrons. The number of fused-ring (bicyclic) bond motifs is 1. The second-order valence-electron chi connectivity index (χ2n) is 5.20. The topological polar surface area (TPSA) is 64.0 Å². The summed E-state index contributed by atoms with van der Waals surface area (Å²) in [4.78, 5) is 28.5. The van der Waals surface area contributed by atoms with E-state index in [-0.39, 0.29) is 23.3 Å². The number of benzene rings is 1. The summed E-state index contributed by atoms with van der Waals surface area (Å²) in [5.74, 6) is 0.936. The number of alkyl halides is 1. The van der Waals surface area contributed by atoms with Gasteiger partial charge in [0.1, 0.15) is 5.82 Å². The van der Waals surface area contributed by atoms with Crippen molar-refractivity contribution in [3.63, 3.8) is 0 Å². The Morgan fingerprint density at radius 1 is 1.38 bits per heavy atom. The predicted molar refractivity (Wildman–Crippen MR) is 81.3 cm³/mol. The molecule has 1 aliphatic rings. The van der Waals surface area contributed by atoms with Crippen LogP contribution in [0, 0.1) is 5.92 Å². The number of nitrogens with one attached hydrogen (secondary N) is 1. The maximum Gasteiger partial charge on any atom is 0.261 e. The van der Waals surface area contributed by atoms with Crippen molar-refractivity contribution < 1.29 is 4.79 Å². The third kappa shape index (κ3) is 2.93. The lowest BCUT2D eigenvalue weighted by atomic mass is 10.2. The molecule has 0 aliphatic heterocycles. The maximum absolute atomic E-state index is 12.5. The lowest BCUT2D eigenvalue weighted by Crippen LogP contribution is -2.33. The Kier molecular flexibility index (Phi) is 3.92. The van der Waals surface area contributed by atoms with Gasteiger partial charge in [-0.25, -0.2) is 4.98 Å². The second-order valence-corrected chi connectivity index (χ2v) is 5.47. The van der Waals surface area contributed by atoms with Crippen molar-refractivity contribution in [1.82, 2.24) is 14.9 Å². The van der Waals surface area contributed by atoms with Crippen molar-refractivity contribution >= 4 is 28.4 Å². The monoisotopic (exact) mass is 305 g/mol. The van der Waals surface area contributed by atoms with Crippen LogP contribution in [0.2, 0.25) is 0 Å². The molecule has 0 unspecified atom stereocenters. The molecule has 5 nitrogen and oxygen atoms in total. The number of carbonyl (C=O) groups excluding carboxylic acids is 1. The molecule has 1 heterocycles. The van der Waals surface area contributed by atoms with E-state index in [2.05, 4.69) is 10.3 Å². The molecule has 1 saturated carbocycles. The van der Waals surface area contributed by atoms with Gasteiger partial charge in [0.25, 0.3) is 5.56 Å². The summed E-state index contributed by atoms with van der Waals surface area (Å²) < 4.78 is 1.54. The number of rotatable bonds is 5. The van der Waals surface area contributed by atoms with E-state index in [4.69, 9.17) is 11.6 Å². The van der Waals surface area contributed by atoms with Crippen LogP contribution in [0.1, 0.15) is 18.7 Å². The van der Waals surface area contributed by atoms with E-state index >= 15 is 0 Å². The van der Waals surface area contributed by atoms with Crippen LogP contribution in [0.4, 0.5) is 0 Å². The summed E-state index contributed by atoms with van der Waals surface area (Å²) in [5, 5.41) is 3.42. The van der Waals surface area contributed by atoms with Crippen LogP contribution in [0.15, 0.2) is 29.1 Å². The van der Waals surface area contributed by atoms with Crippen molar-refractivity contribution in [2.75, 3.05) is 6.54 Å². The normalized spacial score (nSPS) is 14.3. The van der Waals surface area contributed by atoms with Crippen LogP contribution < -0.4 is 10.9 Å².